The number of oxime groups is 1. The van der Waals surface area contributed by atoms with Gasteiger partial charge in [0.15, 0.2) is 5.84 Å². The molecule has 0 spiro atoms. The summed E-state index contributed by atoms with van der Waals surface area (Å²) in [6.07, 6.45) is 2.01. The van der Waals surface area contributed by atoms with E-state index in [1.165, 1.54) is 5.56 Å². The first kappa shape index (κ1) is 13.5. The van der Waals surface area contributed by atoms with Crippen molar-refractivity contribution in [2.24, 2.45) is 10.9 Å². The first-order chi connectivity index (χ1) is 8.03. The number of hydrogen-bond donors (Lipinski definition) is 3. The monoisotopic (exact) mass is 235 g/mol. The quantitative estimate of drug-likeness (QED) is 0.304. The lowest BCUT2D eigenvalue weighted by molar-refractivity contribution is 0.314. The smallest absolute Gasteiger partial charge is 0.153 e. The highest BCUT2D eigenvalue weighted by molar-refractivity contribution is 5.81. The van der Waals surface area contributed by atoms with Gasteiger partial charge in [-0.1, -0.05) is 35.5 Å². The highest BCUT2D eigenvalue weighted by Gasteiger charge is 2.16. The Bertz CT molecular complexity index is 360. The van der Waals surface area contributed by atoms with Gasteiger partial charge in [0.2, 0.25) is 0 Å². The molecule has 0 fully saturated rings. The fourth-order valence-electron chi connectivity index (χ4n) is 1.56. The molecule has 0 amide bonds. The van der Waals surface area contributed by atoms with Crippen LogP contribution in [0.5, 0.6) is 0 Å². The van der Waals surface area contributed by atoms with E-state index in [9.17, 15) is 0 Å². The van der Waals surface area contributed by atoms with Gasteiger partial charge in [0.25, 0.3) is 0 Å². The van der Waals surface area contributed by atoms with Crippen molar-refractivity contribution in [1.29, 1.82) is 0 Å². The van der Waals surface area contributed by atoms with Crippen LogP contribution in [0.4, 0.5) is 0 Å². The third-order valence-corrected chi connectivity index (χ3v) is 2.76. The van der Waals surface area contributed by atoms with E-state index in [-0.39, 0.29) is 11.4 Å². The van der Waals surface area contributed by atoms with Gasteiger partial charge in [-0.3, -0.25) is 0 Å². The molecule has 0 atom stereocenters. The summed E-state index contributed by atoms with van der Waals surface area (Å²) in [4.78, 5) is 0. The van der Waals surface area contributed by atoms with Gasteiger partial charge in [0, 0.05) is 5.54 Å². The lowest BCUT2D eigenvalue weighted by Crippen LogP contribution is -2.44. The van der Waals surface area contributed by atoms with Crippen LogP contribution in [0.3, 0.4) is 0 Å². The van der Waals surface area contributed by atoms with Crippen LogP contribution >= 0.6 is 0 Å². The maximum absolute atomic E-state index is 8.46. The van der Waals surface area contributed by atoms with Gasteiger partial charge in [-0.2, -0.15) is 0 Å². The zero-order chi connectivity index (χ0) is 12.7. The molecule has 0 aliphatic carbocycles. The van der Waals surface area contributed by atoms with Crippen LogP contribution in [0.15, 0.2) is 35.5 Å². The Labute approximate surface area is 103 Å². The number of nitrogens with one attached hydrogen (secondary N) is 1. The number of aryl methyl sites for hydroxylation is 1. The lowest BCUT2D eigenvalue weighted by Gasteiger charge is -2.26. The molecule has 0 bridgehead atoms. The number of nitrogens with two attached hydrogens (primary N) is 1. The van der Waals surface area contributed by atoms with Gasteiger partial charge in [-0.25, -0.2) is 0 Å². The van der Waals surface area contributed by atoms with Gasteiger partial charge in [-0.15, -0.1) is 0 Å². The van der Waals surface area contributed by atoms with E-state index in [2.05, 4.69) is 36.5 Å². The molecule has 0 aromatic heterocycles. The third-order valence-electron chi connectivity index (χ3n) is 2.76. The van der Waals surface area contributed by atoms with Crippen molar-refractivity contribution in [3.8, 4) is 0 Å². The minimum Gasteiger partial charge on any atom is -0.409 e. The molecule has 4 heteroatoms. The van der Waals surface area contributed by atoms with Crippen molar-refractivity contribution < 1.29 is 5.21 Å². The average Bonchev–Trinajstić information content (AvgIpc) is 2.35. The zero-order valence-electron chi connectivity index (χ0n) is 10.5. The normalized spacial score (nSPS) is 12.7. The molecule has 1 aromatic rings. The van der Waals surface area contributed by atoms with Crippen molar-refractivity contribution in [2.75, 3.05) is 6.54 Å². The van der Waals surface area contributed by atoms with Crippen LogP contribution in [0.1, 0.15) is 25.8 Å². The van der Waals surface area contributed by atoms with Crippen LogP contribution in [0, 0.1) is 0 Å². The van der Waals surface area contributed by atoms with E-state index < -0.39 is 0 Å². The Morgan fingerprint density at radius 1 is 1.35 bits per heavy atom. The molecule has 0 unspecified atom stereocenters. The molecule has 94 valence electrons. The fraction of sp³-hybridized carbons (Fsp3) is 0.462. The molecule has 4 N–H and O–H groups in total. The molecule has 1 aromatic carbocycles. The van der Waals surface area contributed by atoms with Crippen molar-refractivity contribution in [3.63, 3.8) is 0 Å². The van der Waals surface area contributed by atoms with E-state index in [4.69, 9.17) is 10.9 Å². The summed E-state index contributed by atoms with van der Waals surface area (Å²) < 4.78 is 0. The Morgan fingerprint density at radius 2 is 2.00 bits per heavy atom. The van der Waals surface area contributed by atoms with E-state index >= 15 is 0 Å². The van der Waals surface area contributed by atoms with E-state index in [0.717, 1.165) is 12.8 Å². The highest BCUT2D eigenvalue weighted by Crippen LogP contribution is 2.13. The first-order valence-corrected chi connectivity index (χ1v) is 5.79. The molecule has 0 aliphatic heterocycles. The van der Waals surface area contributed by atoms with Gasteiger partial charge < -0.3 is 16.3 Å². The fourth-order valence-corrected chi connectivity index (χ4v) is 1.56. The topological polar surface area (TPSA) is 70.6 Å². The molecular formula is C13H21N3O. The van der Waals surface area contributed by atoms with Crippen LogP contribution in [0.2, 0.25) is 0 Å². The van der Waals surface area contributed by atoms with Gasteiger partial charge in [-0.05, 0) is 32.3 Å². The molecule has 0 aliphatic rings. The van der Waals surface area contributed by atoms with Gasteiger partial charge in [0.1, 0.15) is 0 Å². The molecule has 0 radical (unpaired) electrons. The summed E-state index contributed by atoms with van der Waals surface area (Å²) in [6, 6.07) is 10.4. The molecule has 4 nitrogen and oxygen atoms in total. The minimum absolute atomic E-state index is 0.0366. The van der Waals surface area contributed by atoms with Crippen molar-refractivity contribution in [1.82, 2.24) is 5.32 Å². The first-order valence-electron chi connectivity index (χ1n) is 5.79. The SMILES string of the molecule is CC(C)(CCc1ccccc1)NC/C(N)=N/O. The highest BCUT2D eigenvalue weighted by atomic mass is 16.4. The summed E-state index contributed by atoms with van der Waals surface area (Å²) in [6.45, 7) is 4.62. The average molecular weight is 235 g/mol. The molecule has 17 heavy (non-hydrogen) atoms. The van der Waals surface area contributed by atoms with Gasteiger partial charge >= 0.3 is 0 Å². The Kier molecular flexibility index (Phi) is 4.97. The van der Waals surface area contributed by atoms with Crippen molar-refractivity contribution in [3.05, 3.63) is 35.9 Å². The predicted octanol–water partition coefficient (Wildman–Crippen LogP) is 1.73. The van der Waals surface area contributed by atoms with Crippen LogP contribution in [-0.2, 0) is 6.42 Å². The number of hydrogen-bond acceptors (Lipinski definition) is 3. The standard InChI is InChI=1S/C13H21N3O/c1-13(2,15-10-12(14)16-17)9-8-11-6-4-3-5-7-11/h3-7,15,17H,8-10H2,1-2H3,(H2,14,16). The second-order valence-electron chi connectivity index (χ2n) is 4.81. The molecule has 0 saturated heterocycles. The number of amidine groups is 1. The van der Waals surface area contributed by atoms with E-state index in [1.807, 2.05) is 18.2 Å². The number of rotatable bonds is 6. The Hall–Kier alpha value is -1.55. The summed E-state index contributed by atoms with van der Waals surface area (Å²) in [5.41, 5.74) is 6.71. The zero-order valence-corrected chi connectivity index (χ0v) is 10.5. The second-order valence-corrected chi connectivity index (χ2v) is 4.81. The molecule has 1 rings (SSSR count). The Morgan fingerprint density at radius 3 is 2.59 bits per heavy atom. The predicted molar refractivity (Wildman–Crippen MR) is 70.3 cm³/mol. The maximum Gasteiger partial charge on any atom is 0.153 e. The molecule has 0 saturated carbocycles. The number of nitrogens with zero attached hydrogens (tertiary/aromatic N) is 1. The minimum atomic E-state index is -0.0366. The summed E-state index contributed by atoms with van der Waals surface area (Å²) >= 11 is 0. The maximum atomic E-state index is 8.46. The van der Waals surface area contributed by atoms with Crippen LogP contribution in [0.25, 0.3) is 0 Å². The van der Waals surface area contributed by atoms with Gasteiger partial charge in [0.05, 0.1) is 6.54 Å². The second kappa shape index (κ2) is 6.25. The molecule has 0 heterocycles. The summed E-state index contributed by atoms with van der Waals surface area (Å²) in [5.74, 6) is 0.206. The summed E-state index contributed by atoms with van der Waals surface area (Å²) in [5, 5.41) is 14.7. The van der Waals surface area contributed by atoms with Crippen molar-refractivity contribution in [2.45, 2.75) is 32.2 Å². The Balaban J connectivity index is 2.39. The largest absolute Gasteiger partial charge is 0.409 e. The lowest BCUT2D eigenvalue weighted by atomic mass is 9.95. The summed E-state index contributed by atoms with van der Waals surface area (Å²) in [7, 11) is 0. The molecular weight excluding hydrogens is 214 g/mol. The van der Waals surface area contributed by atoms with Crippen LogP contribution < -0.4 is 11.1 Å². The third kappa shape index (κ3) is 5.36. The number of benzene rings is 1. The van der Waals surface area contributed by atoms with Crippen molar-refractivity contribution >= 4 is 5.84 Å². The van der Waals surface area contributed by atoms with E-state index in [0.29, 0.717) is 6.54 Å². The van der Waals surface area contributed by atoms with E-state index in [1.54, 1.807) is 0 Å². The van der Waals surface area contributed by atoms with Crippen LogP contribution in [-0.4, -0.2) is 23.1 Å².